The van der Waals surface area contributed by atoms with Gasteiger partial charge in [0.2, 0.25) is 5.91 Å². The van der Waals surface area contributed by atoms with E-state index in [1.54, 1.807) is 0 Å². The third-order valence-electron chi connectivity index (χ3n) is 12.5. The number of allylic oxidation sites excluding steroid dienone is 4. The maximum atomic E-state index is 13.2. The van der Waals surface area contributed by atoms with E-state index in [1.165, 1.54) is 180 Å². The molecule has 360 valence electrons. The topological polar surface area (TPSA) is 95.9 Å². The number of ether oxygens (including phenoxy) is 1. The number of carbonyl (C=O) groups excluding carboxylic acids is 2. The monoisotopic (exact) mass is 860 g/mol. The maximum absolute atomic E-state index is 13.2. The number of hydrogen-bond acceptors (Lipinski definition) is 5. The summed E-state index contributed by atoms with van der Waals surface area (Å²) in [5.41, 5.74) is 0. The fourth-order valence-electron chi connectivity index (χ4n) is 8.36. The van der Waals surface area contributed by atoms with Crippen LogP contribution in [0.15, 0.2) is 24.3 Å². The van der Waals surface area contributed by atoms with Crippen molar-refractivity contribution in [3.8, 4) is 0 Å². The Morgan fingerprint density at radius 3 is 1.18 bits per heavy atom. The van der Waals surface area contributed by atoms with Crippen LogP contribution in [0.1, 0.15) is 290 Å². The zero-order chi connectivity index (χ0) is 44.5. The van der Waals surface area contributed by atoms with Gasteiger partial charge in [0.15, 0.2) is 0 Å². The first-order chi connectivity index (χ1) is 30.0. The van der Waals surface area contributed by atoms with Crippen molar-refractivity contribution >= 4 is 11.9 Å². The van der Waals surface area contributed by atoms with E-state index in [0.717, 1.165) is 64.2 Å². The van der Waals surface area contributed by atoms with E-state index in [1.807, 2.05) is 0 Å². The summed E-state index contributed by atoms with van der Waals surface area (Å²) in [6.07, 6.45) is 56.6. The third-order valence-corrected chi connectivity index (χ3v) is 12.5. The molecule has 0 bridgehead atoms. The van der Waals surface area contributed by atoms with Gasteiger partial charge < -0.3 is 20.3 Å². The van der Waals surface area contributed by atoms with Crippen LogP contribution in [-0.2, 0) is 14.3 Å². The van der Waals surface area contributed by atoms with E-state index in [9.17, 15) is 19.8 Å². The summed E-state index contributed by atoms with van der Waals surface area (Å²) in [6.45, 7) is 6.48. The van der Waals surface area contributed by atoms with Gasteiger partial charge in [-0.05, 0) is 77.0 Å². The summed E-state index contributed by atoms with van der Waals surface area (Å²) in [5, 5.41) is 23.8. The predicted molar refractivity (Wildman–Crippen MR) is 264 cm³/mol. The quantitative estimate of drug-likeness (QED) is 0.0322. The summed E-state index contributed by atoms with van der Waals surface area (Å²) in [7, 11) is 0. The first kappa shape index (κ1) is 59.3. The Labute approximate surface area is 380 Å². The second-order valence-corrected chi connectivity index (χ2v) is 18.6. The lowest BCUT2D eigenvalue weighted by atomic mass is 10.0. The van der Waals surface area contributed by atoms with Crippen molar-refractivity contribution in [2.45, 2.75) is 309 Å². The van der Waals surface area contributed by atoms with E-state index < -0.39 is 18.2 Å². The molecular formula is C55H105NO5. The molecule has 6 nitrogen and oxygen atoms in total. The van der Waals surface area contributed by atoms with Gasteiger partial charge in [-0.25, -0.2) is 0 Å². The normalized spacial score (nSPS) is 13.3. The van der Waals surface area contributed by atoms with Crippen LogP contribution in [0.3, 0.4) is 0 Å². The van der Waals surface area contributed by atoms with Gasteiger partial charge >= 0.3 is 5.97 Å². The largest absolute Gasteiger partial charge is 0.462 e. The number of esters is 1. The summed E-state index contributed by atoms with van der Waals surface area (Å²) in [5.74, 6) is -0.479. The highest BCUT2D eigenvalue weighted by Crippen LogP contribution is 2.18. The molecule has 0 radical (unpaired) electrons. The molecule has 3 atom stereocenters. The van der Waals surface area contributed by atoms with Crippen molar-refractivity contribution < 1.29 is 24.5 Å². The van der Waals surface area contributed by atoms with E-state index >= 15 is 0 Å². The Morgan fingerprint density at radius 2 is 0.787 bits per heavy atom. The van der Waals surface area contributed by atoms with Crippen molar-refractivity contribution in [2.24, 2.45) is 0 Å². The highest BCUT2D eigenvalue weighted by molar-refractivity contribution is 5.77. The van der Waals surface area contributed by atoms with Gasteiger partial charge in [0.25, 0.3) is 0 Å². The maximum Gasteiger partial charge on any atom is 0.306 e. The second kappa shape index (κ2) is 49.4. The number of aliphatic hydroxyl groups excluding tert-OH is 2. The average molecular weight is 860 g/mol. The van der Waals surface area contributed by atoms with Crippen LogP contribution in [0.4, 0.5) is 0 Å². The lowest BCUT2D eigenvalue weighted by molar-refractivity contribution is -0.151. The van der Waals surface area contributed by atoms with Crippen LogP contribution in [-0.4, -0.2) is 46.9 Å². The Kier molecular flexibility index (Phi) is 48.0. The molecule has 3 unspecified atom stereocenters. The van der Waals surface area contributed by atoms with E-state index in [-0.39, 0.29) is 24.9 Å². The third kappa shape index (κ3) is 44.7. The Bertz CT molecular complexity index is 966. The molecule has 0 saturated carbocycles. The second-order valence-electron chi connectivity index (χ2n) is 18.6. The molecular weight excluding hydrogens is 755 g/mol. The Morgan fingerprint density at radius 1 is 0.459 bits per heavy atom. The average Bonchev–Trinajstić information content (AvgIpc) is 3.25. The SMILES string of the molecule is CCCCCC/C=C\CCCCCCCC(CC(=O)NC(CO)C(O)CCCCCCCCCCCCCCC)OC(=O)CCCCCCC/C=C/CCCCCCCCC. The molecule has 1 amide bonds. The minimum absolute atomic E-state index is 0.0726. The number of carbonyl (C=O) groups is 2. The van der Waals surface area contributed by atoms with E-state index in [0.29, 0.717) is 19.3 Å². The fourth-order valence-corrected chi connectivity index (χ4v) is 8.36. The molecule has 0 aromatic rings. The van der Waals surface area contributed by atoms with Crippen LogP contribution < -0.4 is 5.32 Å². The zero-order valence-corrected chi connectivity index (χ0v) is 41.1. The lowest BCUT2D eigenvalue weighted by Gasteiger charge is -2.24. The standard InChI is InChI=1S/C55H105NO5/c1-4-7-10-13-16-19-22-25-26-27-30-33-36-39-42-45-48-55(60)61-51(46-43-40-37-34-31-28-23-20-17-14-11-8-5-2)49-54(59)56-52(50-57)53(58)47-44-41-38-35-32-29-24-21-18-15-12-9-6-3/h20,23,26-27,51-53,57-58H,4-19,21-22,24-25,28-50H2,1-3H3,(H,56,59)/b23-20-,27-26+. The molecule has 0 saturated heterocycles. The molecule has 0 spiro atoms. The van der Waals surface area contributed by atoms with Gasteiger partial charge in [-0.1, -0.05) is 225 Å². The highest BCUT2D eigenvalue weighted by Gasteiger charge is 2.24. The van der Waals surface area contributed by atoms with Gasteiger partial charge in [0.1, 0.15) is 6.10 Å². The van der Waals surface area contributed by atoms with E-state index in [2.05, 4.69) is 50.4 Å². The highest BCUT2D eigenvalue weighted by atomic mass is 16.5. The molecule has 0 rings (SSSR count). The molecule has 61 heavy (non-hydrogen) atoms. The Hall–Kier alpha value is -1.66. The van der Waals surface area contributed by atoms with Crippen molar-refractivity contribution in [2.75, 3.05) is 6.61 Å². The van der Waals surface area contributed by atoms with Crippen LogP contribution in [0, 0.1) is 0 Å². The van der Waals surface area contributed by atoms with E-state index in [4.69, 9.17) is 4.74 Å². The number of rotatable bonds is 49. The summed E-state index contributed by atoms with van der Waals surface area (Å²) >= 11 is 0. The molecule has 0 aliphatic carbocycles. The Balaban J connectivity index is 4.55. The van der Waals surface area contributed by atoms with Crippen molar-refractivity contribution in [3.05, 3.63) is 24.3 Å². The molecule has 0 heterocycles. The van der Waals surface area contributed by atoms with Gasteiger partial charge in [-0.2, -0.15) is 0 Å². The zero-order valence-electron chi connectivity index (χ0n) is 41.1. The molecule has 6 heteroatoms. The summed E-state index contributed by atoms with van der Waals surface area (Å²) in [6, 6.07) is -0.702. The van der Waals surface area contributed by atoms with Crippen LogP contribution in [0.2, 0.25) is 0 Å². The fraction of sp³-hybridized carbons (Fsp3) is 0.891. The number of nitrogens with one attached hydrogen (secondary N) is 1. The minimum Gasteiger partial charge on any atom is -0.462 e. The van der Waals surface area contributed by atoms with Crippen molar-refractivity contribution in [1.82, 2.24) is 5.32 Å². The number of amides is 1. The first-order valence-corrected chi connectivity index (χ1v) is 27.1. The molecule has 0 aliphatic heterocycles. The molecule has 0 aromatic heterocycles. The minimum atomic E-state index is -0.788. The number of aliphatic hydroxyl groups is 2. The summed E-state index contributed by atoms with van der Waals surface area (Å²) in [4.78, 5) is 26.2. The first-order valence-electron chi connectivity index (χ1n) is 27.1. The molecule has 0 fully saturated rings. The van der Waals surface area contributed by atoms with Crippen LogP contribution in [0.25, 0.3) is 0 Å². The van der Waals surface area contributed by atoms with Gasteiger partial charge in [0.05, 0.1) is 25.2 Å². The lowest BCUT2D eigenvalue weighted by Crippen LogP contribution is -2.46. The number of hydrogen-bond donors (Lipinski definition) is 3. The predicted octanol–water partition coefficient (Wildman–Crippen LogP) is 16.3. The van der Waals surface area contributed by atoms with Gasteiger partial charge in [-0.3, -0.25) is 9.59 Å². The smallest absolute Gasteiger partial charge is 0.306 e. The molecule has 0 aliphatic rings. The summed E-state index contributed by atoms with van der Waals surface area (Å²) < 4.78 is 5.94. The van der Waals surface area contributed by atoms with Gasteiger partial charge in [-0.15, -0.1) is 0 Å². The molecule has 3 N–H and O–H groups in total. The van der Waals surface area contributed by atoms with Gasteiger partial charge in [0, 0.05) is 6.42 Å². The number of unbranched alkanes of at least 4 members (excludes halogenated alkanes) is 33. The van der Waals surface area contributed by atoms with Crippen molar-refractivity contribution in [3.63, 3.8) is 0 Å². The van der Waals surface area contributed by atoms with Crippen LogP contribution in [0.5, 0.6) is 0 Å². The molecule has 0 aromatic carbocycles. The van der Waals surface area contributed by atoms with Crippen molar-refractivity contribution in [1.29, 1.82) is 0 Å². The van der Waals surface area contributed by atoms with Crippen LogP contribution >= 0.6 is 0 Å².